The average molecular weight is 707 g/mol. The van der Waals surface area contributed by atoms with Crippen LogP contribution in [-0.4, -0.2) is 5.66 Å². The van der Waals surface area contributed by atoms with E-state index in [2.05, 4.69) is 40.1 Å². The summed E-state index contributed by atoms with van der Waals surface area (Å²) in [6.07, 6.45) is 5.03. The van der Waals surface area contributed by atoms with Crippen LogP contribution in [0.25, 0.3) is 80.5 Å². The molecule has 0 spiro atoms. The second-order valence-corrected chi connectivity index (χ2v) is 12.8. The molecule has 0 N–H and O–H groups in total. The third-order valence-corrected chi connectivity index (χ3v) is 10.0. The van der Waals surface area contributed by atoms with Crippen molar-refractivity contribution in [3.8, 4) is 22.3 Å². The summed E-state index contributed by atoms with van der Waals surface area (Å²) < 4.78 is 0. The smallest absolute Gasteiger partial charge is 0.150 e. The molecule has 54 heavy (non-hydrogen) atoms. The summed E-state index contributed by atoms with van der Waals surface area (Å²) in [4.78, 5) is 12.5. The van der Waals surface area contributed by atoms with Gasteiger partial charge in [0.2, 0.25) is 0 Å². The molecule has 5 aromatic carbocycles. The van der Waals surface area contributed by atoms with Gasteiger partial charge in [0, 0.05) is 36.5 Å². The van der Waals surface area contributed by atoms with Crippen LogP contribution < -0.4 is 0 Å². The van der Waals surface area contributed by atoms with Crippen LogP contribution in [0.4, 0.5) is 5.69 Å². The van der Waals surface area contributed by atoms with E-state index in [1.165, 1.54) is 6.08 Å². The Balaban J connectivity index is 1.63. The summed E-state index contributed by atoms with van der Waals surface area (Å²) in [6.45, 7) is 3.58. The number of fused-ring (bicyclic) bond motifs is 2. The molecule has 260 valence electrons. The SMILES string of the molecule is CC1C=C(C2=C(N=Nc3cccc4ccccc34)c3ccc(-c4ccccc4)c(-c4ccccc4)c3C(N=[N+]=[N-])(N=[N+]=[N-])C2C)C=CC1(N=[N+]=[N-])N=[N+]=[N-]. The first kappa shape index (κ1) is 34.9. The number of nitrogens with zero attached hydrogens (tertiary/aromatic N) is 14. The van der Waals surface area contributed by atoms with Crippen molar-refractivity contribution in [3.63, 3.8) is 0 Å². The molecule has 14 nitrogen and oxygen atoms in total. The van der Waals surface area contributed by atoms with Crippen LogP contribution in [0.15, 0.2) is 175 Å². The van der Waals surface area contributed by atoms with Crippen molar-refractivity contribution in [2.45, 2.75) is 25.2 Å². The van der Waals surface area contributed by atoms with Crippen LogP contribution in [0.3, 0.4) is 0 Å². The number of allylic oxidation sites excluding steroid dienone is 2. The van der Waals surface area contributed by atoms with Gasteiger partial charge in [-0.25, -0.2) is 0 Å². The number of hydrogen-bond donors (Lipinski definition) is 0. The highest BCUT2D eigenvalue weighted by molar-refractivity contribution is 5.94. The Morgan fingerprint density at radius 2 is 1.19 bits per heavy atom. The molecular weight excluding hydrogens is 677 g/mol. The third-order valence-electron chi connectivity index (χ3n) is 10.0. The number of rotatable bonds is 9. The Morgan fingerprint density at radius 1 is 0.593 bits per heavy atom. The van der Waals surface area contributed by atoms with Gasteiger partial charge in [-0.2, -0.15) is 0 Å². The second-order valence-electron chi connectivity index (χ2n) is 12.8. The van der Waals surface area contributed by atoms with Gasteiger partial charge in [-0.3, -0.25) is 0 Å². The van der Waals surface area contributed by atoms with Gasteiger partial charge in [0.1, 0.15) is 0 Å². The fraction of sp³-hybridized carbons (Fsp3) is 0.150. The van der Waals surface area contributed by atoms with Gasteiger partial charge < -0.3 is 0 Å². The Kier molecular flexibility index (Phi) is 9.41. The maximum Gasteiger partial charge on any atom is 0.160 e. The highest BCUT2D eigenvalue weighted by atomic mass is 15.3. The Bertz CT molecular complexity index is 2580. The summed E-state index contributed by atoms with van der Waals surface area (Å²) in [5.41, 5.74) is 42.3. The molecule has 0 aromatic heterocycles. The van der Waals surface area contributed by atoms with Crippen molar-refractivity contribution >= 4 is 22.2 Å². The fourth-order valence-electron chi connectivity index (χ4n) is 7.44. The number of azo groups is 1. The van der Waals surface area contributed by atoms with E-state index >= 15 is 0 Å². The first-order valence-electron chi connectivity index (χ1n) is 17.0. The zero-order valence-electron chi connectivity index (χ0n) is 29.1. The van der Waals surface area contributed by atoms with Gasteiger partial charge in [-0.15, -0.1) is 10.2 Å². The Labute approximate surface area is 309 Å². The first-order valence-corrected chi connectivity index (χ1v) is 17.0. The quantitative estimate of drug-likeness (QED) is 0.0792. The molecule has 0 amide bonds. The van der Waals surface area contributed by atoms with Gasteiger partial charge >= 0.3 is 0 Å². The predicted molar refractivity (Wildman–Crippen MR) is 209 cm³/mol. The lowest BCUT2D eigenvalue weighted by Gasteiger charge is -2.42. The maximum atomic E-state index is 10.2. The van der Waals surface area contributed by atoms with Crippen LogP contribution in [0, 0.1) is 11.8 Å². The highest BCUT2D eigenvalue weighted by Crippen LogP contribution is 2.57. The normalized spacial score (nSPS) is 21.6. The molecule has 0 bridgehead atoms. The lowest BCUT2D eigenvalue weighted by molar-refractivity contribution is 0.342. The second kappa shape index (κ2) is 14.6. The zero-order valence-corrected chi connectivity index (χ0v) is 29.1. The van der Waals surface area contributed by atoms with Crippen molar-refractivity contribution < 1.29 is 0 Å². The maximum absolute atomic E-state index is 10.2. The van der Waals surface area contributed by atoms with Crippen molar-refractivity contribution in [1.82, 2.24) is 0 Å². The minimum atomic E-state index is -1.84. The highest BCUT2D eigenvalue weighted by Gasteiger charge is 2.49. The third kappa shape index (κ3) is 5.87. The van der Waals surface area contributed by atoms with E-state index in [1.54, 1.807) is 19.1 Å². The van der Waals surface area contributed by atoms with E-state index < -0.39 is 23.2 Å². The number of benzene rings is 5. The Hall–Kier alpha value is -7.58. The first-order chi connectivity index (χ1) is 26.4. The average Bonchev–Trinajstić information content (AvgIpc) is 3.20. The van der Waals surface area contributed by atoms with Crippen molar-refractivity contribution in [2.75, 3.05) is 0 Å². The van der Waals surface area contributed by atoms with Gasteiger partial charge in [0.15, 0.2) is 11.3 Å². The van der Waals surface area contributed by atoms with Gasteiger partial charge in [-0.05, 0) is 78.5 Å². The molecular formula is C40H30N14. The topological polar surface area (TPSA) is 220 Å². The number of hydrogen-bond acceptors (Lipinski definition) is 6. The lowest BCUT2D eigenvalue weighted by atomic mass is 9.68. The van der Waals surface area contributed by atoms with Crippen LogP contribution in [0.2, 0.25) is 0 Å². The van der Waals surface area contributed by atoms with Crippen LogP contribution in [-0.2, 0) is 5.66 Å². The zero-order chi connectivity index (χ0) is 37.7. The van der Waals surface area contributed by atoms with Gasteiger partial charge in [0.05, 0.1) is 11.4 Å². The van der Waals surface area contributed by atoms with Gasteiger partial charge in [0.25, 0.3) is 0 Å². The summed E-state index contributed by atoms with van der Waals surface area (Å²) in [6, 6.07) is 37.0. The van der Waals surface area contributed by atoms with Gasteiger partial charge in [-0.1, -0.05) is 162 Å². The molecule has 0 fully saturated rings. The van der Waals surface area contributed by atoms with E-state index in [0.717, 1.165) is 27.5 Å². The molecule has 2 aliphatic rings. The van der Waals surface area contributed by atoms with Crippen LogP contribution in [0.5, 0.6) is 0 Å². The Morgan fingerprint density at radius 3 is 1.83 bits per heavy atom. The predicted octanol–water partition coefficient (Wildman–Crippen LogP) is 13.5. The van der Waals surface area contributed by atoms with E-state index in [-0.39, 0.29) is 0 Å². The lowest BCUT2D eigenvalue weighted by Crippen LogP contribution is -2.37. The van der Waals surface area contributed by atoms with Crippen molar-refractivity contribution in [2.24, 2.45) is 42.5 Å². The molecule has 0 aliphatic heterocycles. The number of azide groups is 2. The fourth-order valence-corrected chi connectivity index (χ4v) is 7.44. The molecule has 0 saturated heterocycles. The molecule has 2 unspecified atom stereocenters. The largest absolute Gasteiger partial charge is 0.160 e. The summed E-state index contributed by atoms with van der Waals surface area (Å²) in [7, 11) is 0. The minimum Gasteiger partial charge on any atom is -0.150 e. The van der Waals surface area contributed by atoms with Crippen molar-refractivity contribution in [3.05, 3.63) is 198 Å². The molecule has 14 heteroatoms. The van der Waals surface area contributed by atoms with E-state index in [9.17, 15) is 22.1 Å². The standard InChI is InChI=1S/C40H30N14/c1-25-24-30(22-23-39(25,47-51-41)48-52-42)35-26(2)40(49-53-43,50-54-44)37-33(38(35)46-45-34-19-11-17-27-14-9-10-18-31(27)34)21-20-32(28-12-5-3-6-13-28)36(37)29-15-7-4-8-16-29/h3-26H,1-2H3. The van der Waals surface area contributed by atoms with E-state index in [0.29, 0.717) is 39.2 Å². The van der Waals surface area contributed by atoms with E-state index in [4.69, 9.17) is 10.2 Å². The molecule has 0 saturated carbocycles. The summed E-state index contributed by atoms with van der Waals surface area (Å²) in [5, 5.41) is 28.2. The molecule has 0 radical (unpaired) electrons. The summed E-state index contributed by atoms with van der Waals surface area (Å²) >= 11 is 0. The molecule has 5 aromatic rings. The molecule has 2 atom stereocenters. The molecule has 2 aliphatic carbocycles. The monoisotopic (exact) mass is 706 g/mol. The van der Waals surface area contributed by atoms with E-state index in [1.807, 2.05) is 122 Å². The molecule has 0 heterocycles. The van der Waals surface area contributed by atoms with Crippen LogP contribution >= 0.6 is 0 Å². The minimum absolute atomic E-state index is 0.447. The van der Waals surface area contributed by atoms with Crippen molar-refractivity contribution in [1.29, 1.82) is 0 Å². The summed E-state index contributed by atoms with van der Waals surface area (Å²) in [5.74, 6) is -1.45. The van der Waals surface area contributed by atoms with Crippen LogP contribution in [0.1, 0.15) is 25.0 Å². The molecule has 7 rings (SSSR count).